The number of rotatable bonds is 8. The molecule has 2 aliphatic rings. The van der Waals surface area contributed by atoms with Crippen molar-refractivity contribution >= 4 is 22.8 Å². The van der Waals surface area contributed by atoms with E-state index in [1.807, 2.05) is 12.3 Å². The summed E-state index contributed by atoms with van der Waals surface area (Å²) < 4.78 is 8.53. The van der Waals surface area contributed by atoms with Gasteiger partial charge in [-0.15, -0.1) is 0 Å². The van der Waals surface area contributed by atoms with Gasteiger partial charge < -0.3 is 15.0 Å². The third-order valence-electron chi connectivity index (χ3n) is 6.84. The highest BCUT2D eigenvalue weighted by Crippen LogP contribution is 2.24. The standard InChI is InChI=1S/C24H29ClN6O3/c1-34-9-6-20-19(25)10-16(12-27-20)11-26-17-4-7-29(8-5-17)14-18-15-30-22(32)3-2-21-24(30)31(18)23(33)13-28-21/h2-3,10,12-13,17-18,26H,4-9,11,14-15H2,1H3/t18-/m1/s1. The number of hydrogen-bond donors (Lipinski definition) is 1. The maximum absolute atomic E-state index is 12.6. The first kappa shape index (κ1) is 23.2. The summed E-state index contributed by atoms with van der Waals surface area (Å²) in [6.45, 7) is 4.48. The second kappa shape index (κ2) is 9.95. The molecule has 3 aromatic heterocycles. The van der Waals surface area contributed by atoms with Crippen molar-refractivity contribution in [2.24, 2.45) is 0 Å². The predicted molar refractivity (Wildman–Crippen MR) is 130 cm³/mol. The van der Waals surface area contributed by atoms with E-state index in [-0.39, 0.29) is 17.2 Å². The van der Waals surface area contributed by atoms with Crippen LogP contribution in [-0.4, -0.2) is 63.4 Å². The fourth-order valence-electron chi connectivity index (χ4n) is 5.03. The molecule has 0 unspecified atom stereocenters. The van der Waals surface area contributed by atoms with Crippen LogP contribution in [-0.2, 0) is 24.2 Å². The fraction of sp³-hybridized carbons (Fsp3) is 0.500. The van der Waals surface area contributed by atoms with E-state index >= 15 is 0 Å². The van der Waals surface area contributed by atoms with Gasteiger partial charge >= 0.3 is 0 Å². The largest absolute Gasteiger partial charge is 0.384 e. The van der Waals surface area contributed by atoms with Gasteiger partial charge in [0.25, 0.3) is 11.1 Å². The number of nitrogens with one attached hydrogen (secondary N) is 1. The van der Waals surface area contributed by atoms with Crippen LogP contribution in [0.15, 0.2) is 40.2 Å². The molecule has 0 bridgehead atoms. The first-order valence-corrected chi connectivity index (χ1v) is 12.1. The van der Waals surface area contributed by atoms with Crippen molar-refractivity contribution in [2.45, 2.75) is 44.4 Å². The average molecular weight is 485 g/mol. The van der Waals surface area contributed by atoms with Crippen molar-refractivity contribution in [3.63, 3.8) is 0 Å². The number of nitrogens with zero attached hydrogens (tertiary/aromatic N) is 5. The molecule has 5 heterocycles. The van der Waals surface area contributed by atoms with Crippen molar-refractivity contribution in [3.05, 3.63) is 67.6 Å². The molecule has 0 amide bonds. The molecule has 0 aromatic carbocycles. The second-order valence-corrected chi connectivity index (χ2v) is 9.49. The Kier molecular flexibility index (Phi) is 6.78. The minimum Gasteiger partial charge on any atom is -0.384 e. The van der Waals surface area contributed by atoms with Crippen LogP contribution in [0.4, 0.5) is 0 Å². The van der Waals surface area contributed by atoms with Gasteiger partial charge in [0, 0.05) is 51.5 Å². The summed E-state index contributed by atoms with van der Waals surface area (Å²) in [5, 5.41) is 4.31. The van der Waals surface area contributed by atoms with Crippen LogP contribution >= 0.6 is 11.6 Å². The average Bonchev–Trinajstić information content (AvgIpc) is 3.23. The van der Waals surface area contributed by atoms with Crippen LogP contribution in [0.2, 0.25) is 5.02 Å². The summed E-state index contributed by atoms with van der Waals surface area (Å²) in [7, 11) is 1.67. The molecule has 180 valence electrons. The van der Waals surface area contributed by atoms with Crippen molar-refractivity contribution in [1.82, 2.24) is 29.3 Å². The molecule has 9 nitrogen and oxygen atoms in total. The molecule has 2 aliphatic heterocycles. The highest BCUT2D eigenvalue weighted by Gasteiger charge is 2.29. The van der Waals surface area contributed by atoms with Crippen molar-refractivity contribution in [3.8, 4) is 0 Å². The minimum absolute atomic E-state index is 0.0533. The molecular weight excluding hydrogens is 456 g/mol. The van der Waals surface area contributed by atoms with Crippen LogP contribution in [0.5, 0.6) is 0 Å². The van der Waals surface area contributed by atoms with Crippen molar-refractivity contribution < 1.29 is 4.74 Å². The van der Waals surface area contributed by atoms with E-state index in [0.717, 1.165) is 50.3 Å². The Morgan fingerprint density at radius 3 is 2.74 bits per heavy atom. The SMILES string of the molecule is COCCc1ncc(CNC2CCN(C[C@@H]3Cn4c(=O)ccc5ncc(=O)n3c54)CC2)cc1Cl. The fourth-order valence-corrected chi connectivity index (χ4v) is 5.31. The third-order valence-corrected chi connectivity index (χ3v) is 7.17. The van der Waals surface area contributed by atoms with Crippen LogP contribution in [0, 0.1) is 0 Å². The number of likely N-dealkylation sites (tertiary alicyclic amines) is 1. The molecule has 1 N–H and O–H groups in total. The van der Waals surface area contributed by atoms with Gasteiger partial charge in [0.1, 0.15) is 11.2 Å². The van der Waals surface area contributed by atoms with Crippen LogP contribution in [0.3, 0.4) is 0 Å². The molecule has 3 aromatic rings. The normalized spacial score (nSPS) is 18.7. The number of piperidine rings is 1. The molecule has 0 aliphatic carbocycles. The summed E-state index contributed by atoms with van der Waals surface area (Å²) in [6.07, 6.45) is 5.99. The van der Waals surface area contributed by atoms with Gasteiger partial charge in [-0.3, -0.25) is 23.7 Å². The van der Waals surface area contributed by atoms with E-state index in [4.69, 9.17) is 16.3 Å². The zero-order valence-corrected chi connectivity index (χ0v) is 20.0. The number of ether oxygens (including phenoxy) is 1. The summed E-state index contributed by atoms with van der Waals surface area (Å²) >= 11 is 6.37. The number of aromatic nitrogens is 4. The minimum atomic E-state index is -0.147. The lowest BCUT2D eigenvalue weighted by molar-refractivity contribution is 0.171. The lowest BCUT2D eigenvalue weighted by Gasteiger charge is -2.34. The maximum Gasteiger partial charge on any atom is 0.270 e. The van der Waals surface area contributed by atoms with Gasteiger partial charge in [-0.25, -0.2) is 4.98 Å². The smallest absolute Gasteiger partial charge is 0.270 e. The molecule has 5 rings (SSSR count). The van der Waals surface area contributed by atoms with E-state index in [1.54, 1.807) is 22.3 Å². The topological polar surface area (TPSA) is 94.3 Å². The highest BCUT2D eigenvalue weighted by atomic mass is 35.5. The Hall–Kier alpha value is -2.59. The van der Waals surface area contributed by atoms with E-state index in [0.29, 0.717) is 41.8 Å². The third kappa shape index (κ3) is 4.65. The zero-order chi connectivity index (χ0) is 23.7. The summed E-state index contributed by atoms with van der Waals surface area (Å²) in [5.41, 5.74) is 3.03. The first-order valence-electron chi connectivity index (χ1n) is 11.7. The lowest BCUT2D eigenvalue weighted by atomic mass is 10.0. The Bertz CT molecular complexity index is 1290. The number of methoxy groups -OCH3 is 1. The van der Waals surface area contributed by atoms with Gasteiger partial charge in [-0.05, 0) is 43.6 Å². The summed E-state index contributed by atoms with van der Waals surface area (Å²) in [5.74, 6) is 0. The number of hydrogen-bond acceptors (Lipinski definition) is 7. The molecular formula is C24H29ClN6O3. The van der Waals surface area contributed by atoms with Gasteiger partial charge in [0.05, 0.1) is 29.6 Å². The zero-order valence-electron chi connectivity index (χ0n) is 19.2. The van der Waals surface area contributed by atoms with E-state index in [1.165, 1.54) is 12.3 Å². The molecule has 1 fully saturated rings. The Morgan fingerprint density at radius 2 is 1.97 bits per heavy atom. The van der Waals surface area contributed by atoms with E-state index < -0.39 is 0 Å². The van der Waals surface area contributed by atoms with Gasteiger partial charge in [-0.2, -0.15) is 0 Å². The molecule has 1 atom stereocenters. The summed E-state index contributed by atoms with van der Waals surface area (Å²) in [6, 6.07) is 5.57. The molecule has 10 heteroatoms. The predicted octanol–water partition coefficient (Wildman–Crippen LogP) is 1.60. The first-order chi connectivity index (χ1) is 16.5. The molecule has 0 spiro atoms. The number of halogens is 1. The number of pyridine rings is 2. The van der Waals surface area contributed by atoms with Gasteiger partial charge in [-0.1, -0.05) is 11.6 Å². The molecule has 1 saturated heterocycles. The van der Waals surface area contributed by atoms with Crippen LogP contribution in [0.1, 0.15) is 30.1 Å². The van der Waals surface area contributed by atoms with E-state index in [9.17, 15) is 9.59 Å². The Balaban J connectivity index is 1.16. The van der Waals surface area contributed by atoms with E-state index in [2.05, 4.69) is 20.2 Å². The molecule has 0 radical (unpaired) electrons. The molecule has 0 saturated carbocycles. The van der Waals surface area contributed by atoms with Gasteiger partial charge in [0.15, 0.2) is 0 Å². The van der Waals surface area contributed by atoms with Crippen LogP contribution in [0.25, 0.3) is 11.2 Å². The monoisotopic (exact) mass is 484 g/mol. The van der Waals surface area contributed by atoms with Gasteiger partial charge in [0.2, 0.25) is 0 Å². The maximum atomic E-state index is 12.6. The van der Waals surface area contributed by atoms with Crippen molar-refractivity contribution in [2.75, 3.05) is 33.4 Å². The quantitative estimate of drug-likeness (QED) is 0.519. The second-order valence-electron chi connectivity index (χ2n) is 9.08. The summed E-state index contributed by atoms with van der Waals surface area (Å²) in [4.78, 5) is 36.0. The van der Waals surface area contributed by atoms with Crippen LogP contribution < -0.4 is 16.4 Å². The lowest BCUT2D eigenvalue weighted by Crippen LogP contribution is -2.44. The van der Waals surface area contributed by atoms with Crippen molar-refractivity contribution in [1.29, 1.82) is 0 Å². The Morgan fingerprint density at radius 1 is 1.15 bits per heavy atom. The highest BCUT2D eigenvalue weighted by molar-refractivity contribution is 6.31. The molecule has 34 heavy (non-hydrogen) atoms. The Labute approximate surface area is 202 Å².